The van der Waals surface area contributed by atoms with Gasteiger partial charge in [0.2, 0.25) is 0 Å². The molecule has 0 aliphatic heterocycles. The van der Waals surface area contributed by atoms with Gasteiger partial charge in [-0.25, -0.2) is 0 Å². The van der Waals surface area contributed by atoms with Crippen LogP contribution in [0.2, 0.25) is 0 Å². The van der Waals surface area contributed by atoms with Crippen LogP contribution in [-0.2, 0) is 0 Å². The lowest BCUT2D eigenvalue weighted by molar-refractivity contribution is 1.02. The Bertz CT molecular complexity index is 518. The fraction of sp³-hybridized carbons (Fsp3) is 0.200. The number of thioether (sulfide) groups is 2. The highest BCUT2D eigenvalue weighted by atomic mass is 32.2. The number of para-hydroxylation sites is 2. The number of rotatable bonds is 4. The van der Waals surface area contributed by atoms with Gasteiger partial charge in [0, 0.05) is 21.2 Å². The molecule has 0 saturated carbocycles. The van der Waals surface area contributed by atoms with Gasteiger partial charge in [-0.1, -0.05) is 24.3 Å². The topological polar surface area (TPSA) is 52.0 Å². The number of nitrogen functional groups attached to an aromatic ring is 2. The van der Waals surface area contributed by atoms with E-state index in [0.717, 1.165) is 21.2 Å². The second-order valence-corrected chi connectivity index (χ2v) is 8.27. The Labute approximate surface area is 123 Å². The number of hydrogen-bond acceptors (Lipinski definition) is 4. The van der Waals surface area contributed by atoms with Gasteiger partial charge in [-0.2, -0.15) is 0 Å². The lowest BCUT2D eigenvalue weighted by Crippen LogP contribution is -2.09. The summed E-state index contributed by atoms with van der Waals surface area (Å²) in [5.74, 6) is 0. The SMILES string of the molecule is CC(C)(Sc1ccccc1N)Sc1ccccc1N. The molecule has 2 rings (SSSR count). The smallest absolute Gasteiger partial charge is 0.0650 e. The third-order valence-corrected chi connectivity index (χ3v) is 5.22. The summed E-state index contributed by atoms with van der Waals surface area (Å²) >= 11 is 3.52. The van der Waals surface area contributed by atoms with Crippen molar-refractivity contribution < 1.29 is 0 Å². The van der Waals surface area contributed by atoms with Crippen molar-refractivity contribution in [2.45, 2.75) is 27.7 Å². The average Bonchev–Trinajstić information content (AvgIpc) is 2.35. The van der Waals surface area contributed by atoms with Gasteiger partial charge in [-0.15, -0.1) is 23.5 Å². The van der Waals surface area contributed by atoms with E-state index in [1.165, 1.54) is 0 Å². The van der Waals surface area contributed by atoms with E-state index < -0.39 is 0 Å². The van der Waals surface area contributed by atoms with Gasteiger partial charge in [0.25, 0.3) is 0 Å². The molecule has 0 aromatic heterocycles. The summed E-state index contributed by atoms with van der Waals surface area (Å²) < 4.78 is -0.0368. The molecule has 100 valence electrons. The Kier molecular flexibility index (Phi) is 4.32. The van der Waals surface area contributed by atoms with E-state index >= 15 is 0 Å². The van der Waals surface area contributed by atoms with Crippen LogP contribution in [0.15, 0.2) is 58.3 Å². The van der Waals surface area contributed by atoms with Crippen molar-refractivity contribution in [3.05, 3.63) is 48.5 Å². The molecule has 0 amide bonds. The Morgan fingerprint density at radius 3 is 1.47 bits per heavy atom. The molecule has 0 atom stereocenters. The third kappa shape index (κ3) is 3.85. The van der Waals surface area contributed by atoms with E-state index in [4.69, 9.17) is 11.5 Å². The van der Waals surface area contributed by atoms with Crippen LogP contribution in [0.4, 0.5) is 11.4 Å². The predicted molar refractivity (Wildman–Crippen MR) is 87.5 cm³/mol. The second kappa shape index (κ2) is 5.80. The maximum Gasteiger partial charge on any atom is 0.0650 e. The van der Waals surface area contributed by atoms with Crippen molar-refractivity contribution in [1.82, 2.24) is 0 Å². The van der Waals surface area contributed by atoms with E-state index in [2.05, 4.69) is 26.0 Å². The molecular weight excluding hydrogens is 272 g/mol. The summed E-state index contributed by atoms with van der Waals surface area (Å²) in [6.45, 7) is 4.36. The van der Waals surface area contributed by atoms with Crippen molar-refractivity contribution in [2.75, 3.05) is 11.5 Å². The fourth-order valence-corrected chi connectivity index (χ4v) is 4.13. The minimum absolute atomic E-state index is 0.0368. The standard InChI is InChI=1S/C15H18N2S2/c1-15(2,18-13-9-5-3-7-11(13)16)19-14-10-6-4-8-12(14)17/h3-10H,16-17H2,1-2H3. The predicted octanol–water partition coefficient (Wildman–Crippen LogP) is 4.47. The van der Waals surface area contributed by atoms with Crippen LogP contribution in [0.1, 0.15) is 13.8 Å². The maximum absolute atomic E-state index is 6.00. The minimum Gasteiger partial charge on any atom is -0.398 e. The molecule has 19 heavy (non-hydrogen) atoms. The minimum atomic E-state index is -0.0368. The largest absolute Gasteiger partial charge is 0.398 e. The summed E-state index contributed by atoms with van der Waals surface area (Å²) in [5.41, 5.74) is 13.6. The fourth-order valence-electron chi connectivity index (χ4n) is 1.70. The second-order valence-electron chi connectivity index (χ2n) is 4.68. The molecule has 4 heteroatoms. The lowest BCUT2D eigenvalue weighted by Gasteiger charge is -2.24. The van der Waals surface area contributed by atoms with Crippen LogP contribution < -0.4 is 11.5 Å². The highest BCUT2D eigenvalue weighted by Gasteiger charge is 2.22. The quantitative estimate of drug-likeness (QED) is 0.495. The molecule has 0 aliphatic rings. The normalized spacial score (nSPS) is 11.5. The highest BCUT2D eigenvalue weighted by molar-refractivity contribution is 8.18. The maximum atomic E-state index is 6.00. The Morgan fingerprint density at radius 1 is 0.737 bits per heavy atom. The van der Waals surface area contributed by atoms with Gasteiger partial charge in [-0.05, 0) is 38.1 Å². The third-order valence-electron chi connectivity index (χ3n) is 2.55. The number of benzene rings is 2. The van der Waals surface area contributed by atoms with E-state index in [9.17, 15) is 0 Å². The van der Waals surface area contributed by atoms with Gasteiger partial charge in [-0.3, -0.25) is 0 Å². The van der Waals surface area contributed by atoms with E-state index in [-0.39, 0.29) is 4.08 Å². The zero-order valence-corrected chi connectivity index (χ0v) is 12.7. The molecular formula is C15H18N2S2. The van der Waals surface area contributed by atoms with Gasteiger partial charge in [0.1, 0.15) is 0 Å². The van der Waals surface area contributed by atoms with E-state index in [0.29, 0.717) is 0 Å². The molecule has 0 radical (unpaired) electrons. The van der Waals surface area contributed by atoms with Gasteiger partial charge in [0.15, 0.2) is 0 Å². The van der Waals surface area contributed by atoms with Crippen LogP contribution in [-0.4, -0.2) is 4.08 Å². The monoisotopic (exact) mass is 290 g/mol. The first-order chi connectivity index (χ1) is 8.98. The molecule has 0 heterocycles. The molecule has 2 aromatic rings. The number of nitrogens with two attached hydrogens (primary N) is 2. The van der Waals surface area contributed by atoms with Crippen molar-refractivity contribution in [2.24, 2.45) is 0 Å². The van der Waals surface area contributed by atoms with Crippen molar-refractivity contribution >= 4 is 34.9 Å². The first-order valence-electron chi connectivity index (χ1n) is 6.05. The summed E-state index contributed by atoms with van der Waals surface area (Å²) in [6, 6.07) is 15.9. The number of hydrogen-bond donors (Lipinski definition) is 2. The summed E-state index contributed by atoms with van der Waals surface area (Å²) in [7, 11) is 0. The van der Waals surface area contributed by atoms with Gasteiger partial charge in [0.05, 0.1) is 4.08 Å². The zero-order chi connectivity index (χ0) is 13.9. The molecule has 2 aromatic carbocycles. The Morgan fingerprint density at radius 2 is 1.11 bits per heavy atom. The molecule has 0 unspecified atom stereocenters. The molecule has 0 fully saturated rings. The Hall–Kier alpha value is -1.26. The van der Waals surface area contributed by atoms with Gasteiger partial charge >= 0.3 is 0 Å². The van der Waals surface area contributed by atoms with Crippen LogP contribution in [0, 0.1) is 0 Å². The molecule has 2 nitrogen and oxygen atoms in total. The average molecular weight is 290 g/mol. The zero-order valence-electron chi connectivity index (χ0n) is 11.1. The van der Waals surface area contributed by atoms with E-state index in [1.54, 1.807) is 23.5 Å². The Balaban J connectivity index is 2.15. The number of anilines is 2. The van der Waals surface area contributed by atoms with Crippen molar-refractivity contribution in [3.63, 3.8) is 0 Å². The summed E-state index contributed by atoms with van der Waals surface area (Å²) in [6.07, 6.45) is 0. The summed E-state index contributed by atoms with van der Waals surface area (Å²) in [5, 5.41) is 0. The molecule has 0 bridgehead atoms. The lowest BCUT2D eigenvalue weighted by atomic mass is 10.3. The molecule has 0 saturated heterocycles. The molecule has 4 N–H and O–H groups in total. The van der Waals surface area contributed by atoms with Crippen molar-refractivity contribution in [1.29, 1.82) is 0 Å². The van der Waals surface area contributed by atoms with Crippen LogP contribution in [0.3, 0.4) is 0 Å². The molecule has 0 spiro atoms. The van der Waals surface area contributed by atoms with E-state index in [1.807, 2.05) is 36.4 Å². The van der Waals surface area contributed by atoms with Crippen LogP contribution in [0.25, 0.3) is 0 Å². The van der Waals surface area contributed by atoms with Crippen LogP contribution in [0.5, 0.6) is 0 Å². The van der Waals surface area contributed by atoms with Gasteiger partial charge < -0.3 is 11.5 Å². The summed E-state index contributed by atoms with van der Waals surface area (Å²) in [4.78, 5) is 2.21. The first kappa shape index (κ1) is 14.2. The first-order valence-corrected chi connectivity index (χ1v) is 7.68. The van der Waals surface area contributed by atoms with Crippen LogP contribution >= 0.6 is 23.5 Å². The van der Waals surface area contributed by atoms with Crippen molar-refractivity contribution in [3.8, 4) is 0 Å². The molecule has 0 aliphatic carbocycles. The highest BCUT2D eigenvalue weighted by Crippen LogP contribution is 2.47.